The van der Waals surface area contributed by atoms with E-state index in [1.807, 2.05) is 52.0 Å². The van der Waals surface area contributed by atoms with Crippen LogP contribution in [0.5, 0.6) is 0 Å². The molecule has 208 valence electrons. The Bertz CT molecular complexity index is 1390. The molecule has 1 N–H and O–H groups in total. The van der Waals surface area contributed by atoms with E-state index in [-0.39, 0.29) is 17.3 Å². The van der Waals surface area contributed by atoms with Crippen molar-refractivity contribution in [2.45, 2.75) is 58.0 Å². The molecule has 0 fully saturated rings. The number of aryl methyl sites for hydroxylation is 2. The number of rotatable bonds is 12. The molecule has 3 aromatic rings. The monoisotopic (exact) mass is 613 g/mol. The largest absolute Gasteiger partial charge is 0.354 e. The minimum Gasteiger partial charge on any atom is -0.354 e. The van der Waals surface area contributed by atoms with Crippen molar-refractivity contribution in [2.75, 3.05) is 17.4 Å². The fraction of sp³-hybridized carbons (Fsp3) is 0.333. The summed E-state index contributed by atoms with van der Waals surface area (Å²) in [4.78, 5) is 28.8. The third-order valence-electron chi connectivity index (χ3n) is 6.52. The van der Waals surface area contributed by atoms with E-state index in [9.17, 15) is 18.0 Å². The van der Waals surface area contributed by atoms with Crippen LogP contribution in [-0.2, 0) is 26.2 Å². The van der Waals surface area contributed by atoms with Crippen molar-refractivity contribution in [3.63, 3.8) is 0 Å². The summed E-state index contributed by atoms with van der Waals surface area (Å²) in [6, 6.07) is 20.3. The van der Waals surface area contributed by atoms with Gasteiger partial charge in [0.25, 0.3) is 10.0 Å². The number of anilines is 1. The first-order chi connectivity index (χ1) is 18.6. The average Bonchev–Trinajstić information content (AvgIpc) is 2.91. The van der Waals surface area contributed by atoms with Crippen molar-refractivity contribution < 1.29 is 18.0 Å². The predicted molar refractivity (Wildman–Crippen MR) is 159 cm³/mol. The Hall–Kier alpha value is -3.17. The Labute approximate surface area is 240 Å². The zero-order valence-electron chi connectivity index (χ0n) is 22.9. The van der Waals surface area contributed by atoms with Crippen molar-refractivity contribution in [1.29, 1.82) is 0 Å². The summed E-state index contributed by atoms with van der Waals surface area (Å²) >= 11 is 3.42. The standard InChI is InChI=1S/C30H36BrN3O4S/c1-5-18-32-30(36)28(6-2)33(20-24-11-8-7-10-23(24)4)29(35)21-34(26-13-9-12-25(31)19-26)39(37,38)27-16-14-22(3)15-17-27/h7-17,19,28H,5-6,18,20-21H2,1-4H3,(H,32,36)/t28-/m1/s1. The fourth-order valence-electron chi connectivity index (χ4n) is 4.25. The number of nitrogens with zero attached hydrogens (tertiary/aromatic N) is 2. The number of sulfonamides is 1. The lowest BCUT2D eigenvalue weighted by Gasteiger charge is -2.33. The van der Waals surface area contributed by atoms with Crippen molar-refractivity contribution >= 4 is 43.5 Å². The van der Waals surface area contributed by atoms with E-state index in [0.717, 1.165) is 27.4 Å². The molecule has 7 nitrogen and oxygen atoms in total. The second-order valence-corrected chi connectivity index (χ2v) is 12.2. The van der Waals surface area contributed by atoms with E-state index in [1.165, 1.54) is 17.0 Å². The number of halogens is 1. The number of carbonyl (C=O) groups excluding carboxylic acids is 2. The Morgan fingerprint density at radius 2 is 1.64 bits per heavy atom. The highest BCUT2D eigenvalue weighted by Gasteiger charge is 2.33. The average molecular weight is 615 g/mol. The lowest BCUT2D eigenvalue weighted by atomic mass is 10.1. The Kier molecular flexibility index (Phi) is 10.7. The molecule has 3 aromatic carbocycles. The fourth-order valence-corrected chi connectivity index (χ4v) is 6.05. The van der Waals surface area contributed by atoms with E-state index in [0.29, 0.717) is 23.1 Å². The lowest BCUT2D eigenvalue weighted by molar-refractivity contribution is -0.140. The number of carbonyl (C=O) groups is 2. The predicted octanol–water partition coefficient (Wildman–Crippen LogP) is 5.59. The van der Waals surface area contributed by atoms with Crippen LogP contribution in [0.4, 0.5) is 5.69 Å². The maximum absolute atomic E-state index is 14.1. The molecule has 0 unspecified atom stereocenters. The molecule has 2 amide bonds. The van der Waals surface area contributed by atoms with E-state index in [1.54, 1.807) is 36.4 Å². The van der Waals surface area contributed by atoms with Crippen LogP contribution in [0.3, 0.4) is 0 Å². The first kappa shape index (κ1) is 30.4. The van der Waals surface area contributed by atoms with E-state index in [4.69, 9.17) is 0 Å². The molecular formula is C30H36BrN3O4S. The van der Waals surface area contributed by atoms with Gasteiger partial charge in [-0.15, -0.1) is 0 Å². The van der Waals surface area contributed by atoms with Gasteiger partial charge >= 0.3 is 0 Å². The number of amides is 2. The van der Waals surface area contributed by atoms with Gasteiger partial charge in [-0.2, -0.15) is 0 Å². The van der Waals surface area contributed by atoms with E-state index in [2.05, 4.69) is 21.2 Å². The highest BCUT2D eigenvalue weighted by Crippen LogP contribution is 2.27. The molecule has 0 saturated carbocycles. The summed E-state index contributed by atoms with van der Waals surface area (Å²) in [5, 5.41) is 2.90. The van der Waals surface area contributed by atoms with Crippen LogP contribution >= 0.6 is 15.9 Å². The number of benzene rings is 3. The molecule has 39 heavy (non-hydrogen) atoms. The maximum atomic E-state index is 14.1. The molecule has 9 heteroatoms. The van der Waals surface area contributed by atoms with Gasteiger partial charge in [-0.1, -0.05) is 77.8 Å². The molecule has 0 aliphatic carbocycles. The quantitative estimate of drug-likeness (QED) is 0.288. The van der Waals surface area contributed by atoms with Crippen molar-refractivity contribution in [3.05, 3.63) is 94.0 Å². The molecule has 0 heterocycles. The van der Waals surface area contributed by atoms with Crippen molar-refractivity contribution in [3.8, 4) is 0 Å². The summed E-state index contributed by atoms with van der Waals surface area (Å²) < 4.78 is 29.6. The summed E-state index contributed by atoms with van der Waals surface area (Å²) in [5.41, 5.74) is 3.14. The first-order valence-electron chi connectivity index (χ1n) is 13.0. The van der Waals surface area contributed by atoms with Crippen LogP contribution in [-0.4, -0.2) is 44.3 Å². The normalized spacial score (nSPS) is 12.0. The van der Waals surface area contributed by atoms with Gasteiger partial charge < -0.3 is 10.2 Å². The lowest BCUT2D eigenvalue weighted by Crippen LogP contribution is -2.52. The minimum atomic E-state index is -4.10. The van der Waals surface area contributed by atoms with Gasteiger partial charge in [-0.25, -0.2) is 8.42 Å². The minimum absolute atomic E-state index is 0.0825. The summed E-state index contributed by atoms with van der Waals surface area (Å²) in [5.74, 6) is -0.718. The van der Waals surface area contributed by atoms with Gasteiger partial charge in [0.2, 0.25) is 11.8 Å². The zero-order chi connectivity index (χ0) is 28.6. The van der Waals surface area contributed by atoms with Crippen molar-refractivity contribution in [2.24, 2.45) is 0 Å². The van der Waals surface area contributed by atoms with Crippen LogP contribution in [0.1, 0.15) is 43.4 Å². The number of hydrogen-bond donors (Lipinski definition) is 1. The molecule has 0 aliphatic heterocycles. The second kappa shape index (κ2) is 13.8. The van der Waals surface area contributed by atoms with Crippen LogP contribution in [0.25, 0.3) is 0 Å². The topological polar surface area (TPSA) is 86.8 Å². The van der Waals surface area contributed by atoms with Crippen LogP contribution in [0.15, 0.2) is 82.2 Å². The van der Waals surface area contributed by atoms with Crippen LogP contribution in [0.2, 0.25) is 0 Å². The molecule has 0 bridgehead atoms. The first-order valence-corrected chi connectivity index (χ1v) is 15.3. The smallest absolute Gasteiger partial charge is 0.264 e. The molecule has 0 spiro atoms. The zero-order valence-corrected chi connectivity index (χ0v) is 25.3. The second-order valence-electron chi connectivity index (χ2n) is 9.47. The molecule has 0 radical (unpaired) electrons. The van der Waals surface area contributed by atoms with E-state index >= 15 is 0 Å². The van der Waals surface area contributed by atoms with Crippen LogP contribution < -0.4 is 9.62 Å². The van der Waals surface area contributed by atoms with Gasteiger partial charge in [0.15, 0.2) is 0 Å². The van der Waals surface area contributed by atoms with Gasteiger partial charge in [0.05, 0.1) is 10.6 Å². The highest BCUT2D eigenvalue weighted by atomic mass is 79.9. The summed E-state index contributed by atoms with van der Waals surface area (Å²) in [6.45, 7) is 7.85. The van der Waals surface area contributed by atoms with Gasteiger partial charge in [-0.05, 0) is 68.1 Å². The van der Waals surface area contributed by atoms with Gasteiger partial charge in [0, 0.05) is 17.6 Å². The van der Waals surface area contributed by atoms with Crippen LogP contribution in [0, 0.1) is 13.8 Å². The van der Waals surface area contributed by atoms with E-state index < -0.39 is 28.5 Å². The third-order valence-corrected chi connectivity index (χ3v) is 8.80. The maximum Gasteiger partial charge on any atom is 0.264 e. The third kappa shape index (κ3) is 7.70. The van der Waals surface area contributed by atoms with Crippen molar-refractivity contribution in [1.82, 2.24) is 10.2 Å². The molecule has 1 atom stereocenters. The Balaban J connectivity index is 2.06. The molecule has 0 aliphatic rings. The number of hydrogen-bond acceptors (Lipinski definition) is 4. The Morgan fingerprint density at radius 3 is 2.26 bits per heavy atom. The number of nitrogens with one attached hydrogen (secondary N) is 1. The molecule has 0 aromatic heterocycles. The summed E-state index contributed by atoms with van der Waals surface area (Å²) in [7, 11) is -4.10. The molecule has 0 saturated heterocycles. The molecule has 3 rings (SSSR count). The van der Waals surface area contributed by atoms with Gasteiger partial charge in [-0.3, -0.25) is 13.9 Å². The highest BCUT2D eigenvalue weighted by molar-refractivity contribution is 9.10. The van der Waals surface area contributed by atoms with Gasteiger partial charge in [0.1, 0.15) is 12.6 Å². The SMILES string of the molecule is CCCNC(=O)[C@@H](CC)N(Cc1ccccc1C)C(=O)CN(c1cccc(Br)c1)S(=O)(=O)c1ccc(C)cc1. The molecular weight excluding hydrogens is 578 g/mol. The Morgan fingerprint density at radius 1 is 0.949 bits per heavy atom. The summed E-state index contributed by atoms with van der Waals surface area (Å²) in [6.07, 6.45) is 1.15.